The lowest BCUT2D eigenvalue weighted by Crippen LogP contribution is -1.98. The van der Waals surface area contributed by atoms with Crippen molar-refractivity contribution in [3.05, 3.63) is 47.9 Å². The van der Waals surface area contributed by atoms with Crippen LogP contribution >= 0.6 is 0 Å². The Bertz CT molecular complexity index is 746. The van der Waals surface area contributed by atoms with Crippen LogP contribution in [-0.4, -0.2) is 4.98 Å². The van der Waals surface area contributed by atoms with Gasteiger partial charge >= 0.3 is 0 Å². The van der Waals surface area contributed by atoms with Gasteiger partial charge in [-0.1, -0.05) is 0 Å². The molecule has 0 saturated carbocycles. The number of aryl methyl sites for hydroxylation is 2. The Kier molecular flexibility index (Phi) is 2.63. The van der Waals surface area contributed by atoms with E-state index in [1.807, 2.05) is 31.2 Å². The molecule has 19 heavy (non-hydrogen) atoms. The van der Waals surface area contributed by atoms with Gasteiger partial charge in [0.1, 0.15) is 11.3 Å². The molecule has 2 aromatic heterocycles. The predicted molar refractivity (Wildman–Crippen MR) is 77.6 cm³/mol. The molecule has 0 bridgehead atoms. The molecule has 0 radical (unpaired) electrons. The first-order valence-corrected chi connectivity index (χ1v) is 6.12. The number of nitrogens with one attached hydrogen (secondary N) is 1. The zero-order valence-corrected chi connectivity index (χ0v) is 10.9. The van der Waals surface area contributed by atoms with E-state index in [9.17, 15) is 0 Å². The lowest BCUT2D eigenvalue weighted by Gasteiger charge is -2.07. The van der Waals surface area contributed by atoms with Gasteiger partial charge in [0, 0.05) is 17.3 Å². The highest BCUT2D eigenvalue weighted by Crippen LogP contribution is 2.29. The Morgan fingerprint density at radius 3 is 2.84 bits per heavy atom. The van der Waals surface area contributed by atoms with Crippen LogP contribution in [0.4, 0.5) is 17.2 Å². The summed E-state index contributed by atoms with van der Waals surface area (Å²) in [4.78, 5) is 4.22. The fraction of sp³-hybridized carbons (Fsp3) is 0.133. The van der Waals surface area contributed by atoms with E-state index in [-0.39, 0.29) is 0 Å². The number of nitrogen functional groups attached to an aromatic ring is 1. The Morgan fingerprint density at radius 1 is 1.21 bits per heavy atom. The van der Waals surface area contributed by atoms with E-state index in [0.717, 1.165) is 28.0 Å². The van der Waals surface area contributed by atoms with E-state index in [0.29, 0.717) is 11.5 Å². The predicted octanol–water partition coefficient (Wildman–Crippen LogP) is 3.77. The molecule has 0 atom stereocenters. The molecule has 0 aliphatic carbocycles. The lowest BCUT2D eigenvalue weighted by molar-refractivity contribution is 0.575. The average molecular weight is 253 g/mol. The van der Waals surface area contributed by atoms with E-state index >= 15 is 0 Å². The van der Waals surface area contributed by atoms with Crippen molar-refractivity contribution >= 4 is 28.2 Å². The minimum atomic E-state index is 0.627. The zero-order chi connectivity index (χ0) is 13.4. The van der Waals surface area contributed by atoms with Crippen molar-refractivity contribution in [1.82, 2.24) is 4.98 Å². The number of hydrogen-bond acceptors (Lipinski definition) is 4. The lowest BCUT2D eigenvalue weighted by atomic mass is 10.1. The number of rotatable bonds is 2. The second-order valence-electron chi connectivity index (χ2n) is 4.56. The van der Waals surface area contributed by atoms with Crippen LogP contribution in [0.5, 0.6) is 0 Å². The maximum atomic E-state index is 5.87. The SMILES string of the molecule is Cc1oc2ccc(Nc3ncccc3N)cc2c1C. The summed E-state index contributed by atoms with van der Waals surface area (Å²) in [5, 5.41) is 4.33. The standard InChI is InChI=1S/C15H15N3O/c1-9-10(2)19-14-6-5-11(8-12(9)14)18-15-13(16)4-3-7-17-15/h3-8H,16H2,1-2H3,(H,17,18). The van der Waals surface area contributed by atoms with Crippen LogP contribution in [0.1, 0.15) is 11.3 Å². The van der Waals surface area contributed by atoms with E-state index in [4.69, 9.17) is 10.2 Å². The molecule has 0 spiro atoms. The van der Waals surface area contributed by atoms with Crippen LogP contribution in [0.3, 0.4) is 0 Å². The van der Waals surface area contributed by atoms with Gasteiger partial charge in [-0.05, 0) is 49.7 Å². The largest absolute Gasteiger partial charge is 0.461 e. The third-order valence-electron chi connectivity index (χ3n) is 3.28. The highest BCUT2D eigenvalue weighted by atomic mass is 16.3. The number of hydrogen-bond donors (Lipinski definition) is 2. The number of furan rings is 1. The highest BCUT2D eigenvalue weighted by molar-refractivity contribution is 5.86. The summed E-state index contributed by atoms with van der Waals surface area (Å²) in [5.41, 5.74) is 9.50. The van der Waals surface area contributed by atoms with Gasteiger partial charge in [-0.3, -0.25) is 0 Å². The third-order valence-corrected chi connectivity index (χ3v) is 3.28. The third kappa shape index (κ3) is 2.01. The second kappa shape index (κ2) is 4.31. The van der Waals surface area contributed by atoms with Crippen molar-refractivity contribution in [1.29, 1.82) is 0 Å². The number of nitrogens with two attached hydrogens (primary N) is 1. The minimum absolute atomic E-state index is 0.627. The Morgan fingerprint density at radius 2 is 2.05 bits per heavy atom. The number of aromatic nitrogens is 1. The first-order valence-electron chi connectivity index (χ1n) is 6.12. The summed E-state index contributed by atoms with van der Waals surface area (Å²) >= 11 is 0. The number of benzene rings is 1. The first kappa shape index (κ1) is 11.6. The number of fused-ring (bicyclic) bond motifs is 1. The van der Waals surface area contributed by atoms with Crippen molar-refractivity contribution in [2.75, 3.05) is 11.1 Å². The molecule has 0 unspecified atom stereocenters. The van der Waals surface area contributed by atoms with Gasteiger partial charge in [0.25, 0.3) is 0 Å². The first-order chi connectivity index (χ1) is 9.15. The van der Waals surface area contributed by atoms with E-state index in [2.05, 4.69) is 23.3 Å². The topological polar surface area (TPSA) is 64.1 Å². The summed E-state index contributed by atoms with van der Waals surface area (Å²) in [6, 6.07) is 9.60. The van der Waals surface area contributed by atoms with Crippen molar-refractivity contribution in [3.8, 4) is 0 Å². The molecule has 0 aliphatic rings. The quantitative estimate of drug-likeness (QED) is 0.729. The summed E-state index contributed by atoms with van der Waals surface area (Å²) in [6.07, 6.45) is 1.71. The van der Waals surface area contributed by atoms with Crippen molar-refractivity contribution < 1.29 is 4.42 Å². The molecule has 4 nitrogen and oxygen atoms in total. The van der Waals surface area contributed by atoms with Crippen LogP contribution in [0, 0.1) is 13.8 Å². The Hall–Kier alpha value is -2.49. The molecule has 3 N–H and O–H groups in total. The Balaban J connectivity index is 2.02. The van der Waals surface area contributed by atoms with Crippen molar-refractivity contribution in [2.45, 2.75) is 13.8 Å². The van der Waals surface area contributed by atoms with Gasteiger partial charge in [-0.25, -0.2) is 4.98 Å². The van der Waals surface area contributed by atoms with Crippen molar-refractivity contribution in [2.24, 2.45) is 0 Å². The normalized spacial score (nSPS) is 10.8. The molecule has 2 heterocycles. The molecule has 3 aromatic rings. The number of pyridine rings is 1. The molecule has 1 aromatic carbocycles. The van der Waals surface area contributed by atoms with E-state index in [1.54, 1.807) is 6.20 Å². The van der Waals surface area contributed by atoms with E-state index < -0.39 is 0 Å². The maximum Gasteiger partial charge on any atom is 0.153 e. The molecular weight excluding hydrogens is 238 g/mol. The van der Waals surface area contributed by atoms with Crippen LogP contribution in [0.25, 0.3) is 11.0 Å². The van der Waals surface area contributed by atoms with Crippen LogP contribution in [-0.2, 0) is 0 Å². The van der Waals surface area contributed by atoms with Gasteiger partial charge in [0.2, 0.25) is 0 Å². The van der Waals surface area contributed by atoms with Gasteiger partial charge in [0.15, 0.2) is 5.82 Å². The summed E-state index contributed by atoms with van der Waals surface area (Å²) < 4.78 is 5.66. The average Bonchev–Trinajstić information content (AvgIpc) is 2.68. The fourth-order valence-electron chi connectivity index (χ4n) is 2.08. The molecule has 0 fully saturated rings. The van der Waals surface area contributed by atoms with Crippen LogP contribution in [0.15, 0.2) is 40.9 Å². The maximum absolute atomic E-state index is 5.87. The number of anilines is 3. The molecule has 0 aliphatic heterocycles. The number of nitrogens with zero attached hydrogens (tertiary/aromatic N) is 1. The molecule has 0 saturated heterocycles. The molecular formula is C15H15N3O. The summed E-state index contributed by atoms with van der Waals surface area (Å²) in [5.74, 6) is 1.62. The van der Waals surface area contributed by atoms with Gasteiger partial charge in [0.05, 0.1) is 5.69 Å². The molecule has 0 amide bonds. The second-order valence-corrected chi connectivity index (χ2v) is 4.56. The minimum Gasteiger partial charge on any atom is -0.461 e. The summed E-state index contributed by atoms with van der Waals surface area (Å²) in [6.45, 7) is 4.03. The smallest absolute Gasteiger partial charge is 0.153 e. The fourth-order valence-corrected chi connectivity index (χ4v) is 2.08. The highest BCUT2D eigenvalue weighted by Gasteiger charge is 2.08. The Labute approximate surface area is 111 Å². The van der Waals surface area contributed by atoms with Crippen molar-refractivity contribution in [3.63, 3.8) is 0 Å². The molecule has 3 rings (SSSR count). The van der Waals surface area contributed by atoms with Gasteiger partial charge in [-0.15, -0.1) is 0 Å². The summed E-state index contributed by atoms with van der Waals surface area (Å²) in [7, 11) is 0. The molecule has 4 heteroatoms. The van der Waals surface area contributed by atoms with Crippen LogP contribution < -0.4 is 11.1 Å². The zero-order valence-electron chi connectivity index (χ0n) is 10.9. The van der Waals surface area contributed by atoms with E-state index in [1.165, 1.54) is 0 Å². The monoisotopic (exact) mass is 253 g/mol. The van der Waals surface area contributed by atoms with Gasteiger partial charge in [-0.2, -0.15) is 0 Å². The molecule has 96 valence electrons. The van der Waals surface area contributed by atoms with Crippen LogP contribution in [0.2, 0.25) is 0 Å². The van der Waals surface area contributed by atoms with Gasteiger partial charge < -0.3 is 15.5 Å².